The molecular formula is C14H15F3O2. The molecule has 1 rings (SSSR count). The fourth-order valence-corrected chi connectivity index (χ4v) is 1.86. The van der Waals surface area contributed by atoms with Crippen molar-refractivity contribution >= 4 is 5.97 Å². The summed E-state index contributed by atoms with van der Waals surface area (Å²) in [5.74, 6) is -0.888. The van der Waals surface area contributed by atoms with E-state index in [1.165, 1.54) is 19.2 Å². The van der Waals surface area contributed by atoms with Crippen LogP contribution in [0.5, 0.6) is 0 Å². The predicted molar refractivity (Wildman–Crippen MR) is 65.6 cm³/mol. The molecular weight excluding hydrogens is 257 g/mol. The number of alkyl halides is 3. The van der Waals surface area contributed by atoms with Crippen molar-refractivity contribution in [2.24, 2.45) is 0 Å². The Balaban J connectivity index is 3.01. The van der Waals surface area contributed by atoms with Crippen molar-refractivity contribution in [3.05, 3.63) is 47.5 Å². The third-order valence-corrected chi connectivity index (χ3v) is 2.92. The molecule has 0 amide bonds. The molecule has 0 aromatic heterocycles. The van der Waals surface area contributed by atoms with E-state index in [-0.39, 0.29) is 11.5 Å². The second-order valence-electron chi connectivity index (χ2n) is 4.10. The van der Waals surface area contributed by atoms with Crippen LogP contribution in [-0.4, -0.2) is 13.1 Å². The molecule has 1 unspecified atom stereocenters. The Hall–Kier alpha value is -1.78. The summed E-state index contributed by atoms with van der Waals surface area (Å²) in [6.45, 7) is 5.48. The van der Waals surface area contributed by atoms with Gasteiger partial charge in [0.15, 0.2) is 0 Å². The first-order valence-corrected chi connectivity index (χ1v) is 5.75. The monoisotopic (exact) mass is 272 g/mol. The zero-order chi connectivity index (χ0) is 14.6. The number of hydrogen-bond donors (Lipinski definition) is 0. The maximum Gasteiger partial charge on any atom is 0.416 e. The molecule has 0 radical (unpaired) electrons. The van der Waals surface area contributed by atoms with Crippen LogP contribution in [0.3, 0.4) is 0 Å². The molecule has 0 aliphatic rings. The molecule has 1 aromatic carbocycles. The van der Waals surface area contributed by atoms with Crippen LogP contribution in [0.25, 0.3) is 0 Å². The molecule has 5 heteroatoms. The lowest BCUT2D eigenvalue weighted by molar-refractivity contribution is -0.138. The lowest BCUT2D eigenvalue weighted by atomic mass is 9.89. The molecule has 0 aliphatic heterocycles. The topological polar surface area (TPSA) is 26.3 Å². The summed E-state index contributed by atoms with van der Waals surface area (Å²) in [5, 5.41) is 0. The molecule has 0 heterocycles. The third kappa shape index (κ3) is 3.59. The van der Waals surface area contributed by atoms with Gasteiger partial charge in [0.2, 0.25) is 0 Å². The number of rotatable bonds is 4. The maximum atomic E-state index is 12.5. The van der Waals surface area contributed by atoms with Gasteiger partial charge >= 0.3 is 12.1 Å². The molecule has 0 aliphatic carbocycles. The first-order valence-electron chi connectivity index (χ1n) is 5.75. The standard InChI is InChI=1S/C14H15F3O2/c1-4-12(9(2)13(18)19-3)10-5-7-11(8-6-10)14(15,16)17/h5-8,12H,2,4H2,1,3H3. The molecule has 0 saturated carbocycles. The normalized spacial score (nSPS) is 12.9. The number of esters is 1. The van der Waals surface area contributed by atoms with Crippen LogP contribution < -0.4 is 0 Å². The minimum atomic E-state index is -4.36. The molecule has 19 heavy (non-hydrogen) atoms. The maximum absolute atomic E-state index is 12.5. The van der Waals surface area contributed by atoms with Crippen molar-refractivity contribution < 1.29 is 22.7 Å². The summed E-state index contributed by atoms with van der Waals surface area (Å²) >= 11 is 0. The lowest BCUT2D eigenvalue weighted by Crippen LogP contribution is -2.12. The van der Waals surface area contributed by atoms with E-state index >= 15 is 0 Å². The number of hydrogen-bond acceptors (Lipinski definition) is 2. The summed E-state index contributed by atoms with van der Waals surface area (Å²) in [7, 11) is 1.24. The average molecular weight is 272 g/mol. The van der Waals surface area contributed by atoms with E-state index in [1.807, 2.05) is 6.92 Å². The Kier molecular flexibility index (Phi) is 4.75. The molecule has 0 saturated heterocycles. The van der Waals surface area contributed by atoms with Gasteiger partial charge < -0.3 is 4.74 Å². The number of halogens is 3. The average Bonchev–Trinajstić information content (AvgIpc) is 2.38. The van der Waals surface area contributed by atoms with Crippen LogP contribution in [0.4, 0.5) is 13.2 Å². The quantitative estimate of drug-likeness (QED) is 0.613. The van der Waals surface area contributed by atoms with Crippen LogP contribution in [-0.2, 0) is 15.7 Å². The zero-order valence-electron chi connectivity index (χ0n) is 10.8. The SMILES string of the molecule is C=C(C(=O)OC)C(CC)c1ccc(C(F)(F)F)cc1. The molecule has 0 fully saturated rings. The van der Waals surface area contributed by atoms with E-state index < -0.39 is 17.7 Å². The van der Waals surface area contributed by atoms with Crippen molar-refractivity contribution in [2.45, 2.75) is 25.4 Å². The number of carbonyl (C=O) groups excluding carboxylic acids is 1. The largest absolute Gasteiger partial charge is 0.466 e. The number of carbonyl (C=O) groups is 1. The molecule has 1 atom stereocenters. The summed E-state index contributed by atoms with van der Waals surface area (Å²) in [4.78, 5) is 11.4. The smallest absolute Gasteiger partial charge is 0.416 e. The Morgan fingerprint density at radius 3 is 2.21 bits per heavy atom. The summed E-state index contributed by atoms with van der Waals surface area (Å²) in [6, 6.07) is 4.74. The number of ether oxygens (including phenoxy) is 1. The number of methoxy groups -OCH3 is 1. The van der Waals surface area contributed by atoms with Gasteiger partial charge in [0.05, 0.1) is 12.7 Å². The van der Waals surface area contributed by atoms with Crippen LogP contribution in [0, 0.1) is 0 Å². The summed E-state index contributed by atoms with van der Waals surface area (Å²) in [6.07, 6.45) is -3.81. The van der Waals surface area contributed by atoms with Gasteiger partial charge in [-0.15, -0.1) is 0 Å². The minimum Gasteiger partial charge on any atom is -0.466 e. The second-order valence-corrected chi connectivity index (χ2v) is 4.10. The Morgan fingerprint density at radius 1 is 1.32 bits per heavy atom. The first-order chi connectivity index (χ1) is 8.81. The highest BCUT2D eigenvalue weighted by atomic mass is 19.4. The highest BCUT2D eigenvalue weighted by Gasteiger charge is 2.30. The van der Waals surface area contributed by atoms with Crippen molar-refractivity contribution in [3.8, 4) is 0 Å². The lowest BCUT2D eigenvalue weighted by Gasteiger charge is -2.17. The molecule has 104 valence electrons. The predicted octanol–water partition coefficient (Wildman–Crippen LogP) is 3.93. The van der Waals surface area contributed by atoms with Crippen molar-refractivity contribution in [3.63, 3.8) is 0 Å². The van der Waals surface area contributed by atoms with Gasteiger partial charge in [-0.1, -0.05) is 25.6 Å². The van der Waals surface area contributed by atoms with Gasteiger partial charge in [0.25, 0.3) is 0 Å². The van der Waals surface area contributed by atoms with E-state index in [4.69, 9.17) is 0 Å². The fourth-order valence-electron chi connectivity index (χ4n) is 1.86. The van der Waals surface area contributed by atoms with Gasteiger partial charge in [-0.3, -0.25) is 0 Å². The molecule has 0 N–H and O–H groups in total. The van der Waals surface area contributed by atoms with Gasteiger partial charge in [-0.05, 0) is 24.1 Å². The Bertz CT molecular complexity index is 461. The van der Waals surface area contributed by atoms with E-state index in [1.54, 1.807) is 0 Å². The van der Waals surface area contributed by atoms with Crippen LogP contribution in [0.15, 0.2) is 36.4 Å². The third-order valence-electron chi connectivity index (χ3n) is 2.92. The van der Waals surface area contributed by atoms with Crippen LogP contribution >= 0.6 is 0 Å². The van der Waals surface area contributed by atoms with Gasteiger partial charge in [0.1, 0.15) is 0 Å². The van der Waals surface area contributed by atoms with Crippen LogP contribution in [0.2, 0.25) is 0 Å². The van der Waals surface area contributed by atoms with Crippen molar-refractivity contribution in [1.82, 2.24) is 0 Å². The molecule has 0 bridgehead atoms. The first kappa shape index (κ1) is 15.3. The van der Waals surface area contributed by atoms with Crippen LogP contribution in [0.1, 0.15) is 30.4 Å². The zero-order valence-corrected chi connectivity index (χ0v) is 10.8. The van der Waals surface area contributed by atoms with E-state index in [0.29, 0.717) is 12.0 Å². The van der Waals surface area contributed by atoms with Gasteiger partial charge in [0, 0.05) is 11.5 Å². The molecule has 1 aromatic rings. The summed E-state index contributed by atoms with van der Waals surface area (Å²) in [5.41, 5.74) is 0.144. The highest BCUT2D eigenvalue weighted by Crippen LogP contribution is 2.32. The molecule has 2 nitrogen and oxygen atoms in total. The fraction of sp³-hybridized carbons (Fsp3) is 0.357. The van der Waals surface area contributed by atoms with Gasteiger partial charge in [-0.2, -0.15) is 13.2 Å². The van der Waals surface area contributed by atoms with E-state index in [2.05, 4.69) is 11.3 Å². The molecule has 0 spiro atoms. The minimum absolute atomic E-state index is 0.241. The summed E-state index contributed by atoms with van der Waals surface area (Å²) < 4.78 is 41.9. The van der Waals surface area contributed by atoms with E-state index in [9.17, 15) is 18.0 Å². The van der Waals surface area contributed by atoms with Gasteiger partial charge in [-0.25, -0.2) is 4.79 Å². The van der Waals surface area contributed by atoms with Crippen molar-refractivity contribution in [1.29, 1.82) is 0 Å². The highest BCUT2D eigenvalue weighted by molar-refractivity contribution is 5.89. The Morgan fingerprint density at radius 2 is 1.84 bits per heavy atom. The Labute approximate surface area is 109 Å². The number of benzene rings is 1. The van der Waals surface area contributed by atoms with E-state index in [0.717, 1.165) is 12.1 Å². The second kappa shape index (κ2) is 5.91. The van der Waals surface area contributed by atoms with Crippen molar-refractivity contribution in [2.75, 3.05) is 7.11 Å².